The van der Waals surface area contributed by atoms with Crippen LogP contribution in [0.15, 0.2) is 29.2 Å². The predicted octanol–water partition coefficient (Wildman–Crippen LogP) is 3.05. The lowest BCUT2D eigenvalue weighted by Gasteiger charge is -2.26. The number of benzene rings is 1. The highest BCUT2D eigenvalue weighted by Gasteiger charge is 2.26. The van der Waals surface area contributed by atoms with Gasteiger partial charge in [-0.3, -0.25) is 0 Å². The average molecular weight is 269 g/mol. The Balaban J connectivity index is 3.04. The minimum atomic E-state index is -3.38. The Labute approximate surface area is 111 Å². The number of hydrogen-bond acceptors (Lipinski definition) is 2. The van der Waals surface area contributed by atoms with Crippen LogP contribution in [0.2, 0.25) is 0 Å². The quantitative estimate of drug-likeness (QED) is 0.824. The first-order chi connectivity index (χ1) is 8.26. The van der Waals surface area contributed by atoms with Crippen LogP contribution in [0.1, 0.15) is 32.8 Å². The zero-order valence-electron chi connectivity index (χ0n) is 11.8. The van der Waals surface area contributed by atoms with E-state index in [9.17, 15) is 8.42 Å². The lowest BCUT2D eigenvalue weighted by Crippen LogP contribution is -2.36. The summed E-state index contributed by atoms with van der Waals surface area (Å²) in [6.45, 7) is 7.99. The zero-order valence-corrected chi connectivity index (χ0v) is 12.7. The van der Waals surface area contributed by atoms with Crippen molar-refractivity contribution < 1.29 is 8.42 Å². The number of sulfonamides is 1. The highest BCUT2D eigenvalue weighted by atomic mass is 32.2. The normalized spacial score (nSPS) is 14.2. The van der Waals surface area contributed by atoms with E-state index >= 15 is 0 Å². The van der Waals surface area contributed by atoms with E-state index in [1.54, 1.807) is 19.2 Å². The van der Waals surface area contributed by atoms with Crippen molar-refractivity contribution in [2.75, 3.05) is 7.05 Å². The topological polar surface area (TPSA) is 37.4 Å². The Morgan fingerprint density at radius 2 is 1.72 bits per heavy atom. The number of nitrogens with zero attached hydrogens (tertiary/aromatic N) is 1. The van der Waals surface area contributed by atoms with Gasteiger partial charge in [0.1, 0.15) is 0 Å². The van der Waals surface area contributed by atoms with Crippen LogP contribution < -0.4 is 0 Å². The number of aryl methyl sites for hydroxylation is 1. The van der Waals surface area contributed by atoms with Gasteiger partial charge in [0.05, 0.1) is 4.90 Å². The number of hydrogen-bond donors (Lipinski definition) is 0. The molecule has 1 aromatic carbocycles. The van der Waals surface area contributed by atoms with Gasteiger partial charge in [-0.2, -0.15) is 4.31 Å². The summed E-state index contributed by atoms with van der Waals surface area (Å²) in [5.74, 6) is 0.481. The minimum Gasteiger partial charge on any atom is -0.207 e. The highest BCUT2D eigenvalue weighted by molar-refractivity contribution is 7.89. The van der Waals surface area contributed by atoms with E-state index in [0.29, 0.717) is 10.8 Å². The molecule has 4 heteroatoms. The van der Waals surface area contributed by atoms with Gasteiger partial charge in [-0.15, -0.1) is 0 Å². The fraction of sp³-hybridized carbons (Fsp3) is 0.571. The molecule has 1 rings (SSSR count). The van der Waals surface area contributed by atoms with E-state index in [0.717, 1.165) is 12.0 Å². The van der Waals surface area contributed by atoms with Crippen molar-refractivity contribution in [3.63, 3.8) is 0 Å². The monoisotopic (exact) mass is 269 g/mol. The van der Waals surface area contributed by atoms with E-state index in [-0.39, 0.29) is 6.04 Å². The van der Waals surface area contributed by atoms with Gasteiger partial charge < -0.3 is 0 Å². The summed E-state index contributed by atoms with van der Waals surface area (Å²) in [7, 11) is -1.72. The molecule has 18 heavy (non-hydrogen) atoms. The Morgan fingerprint density at radius 3 is 2.22 bits per heavy atom. The Kier molecular flexibility index (Phi) is 4.93. The molecule has 0 bridgehead atoms. The van der Waals surface area contributed by atoms with Crippen LogP contribution in [-0.4, -0.2) is 25.8 Å². The maximum atomic E-state index is 12.5. The summed E-state index contributed by atoms with van der Waals surface area (Å²) < 4.78 is 26.5. The second-order valence-electron chi connectivity index (χ2n) is 5.27. The minimum absolute atomic E-state index is 0.00889. The van der Waals surface area contributed by atoms with E-state index in [4.69, 9.17) is 0 Å². The van der Waals surface area contributed by atoms with Crippen molar-refractivity contribution in [3.8, 4) is 0 Å². The largest absolute Gasteiger partial charge is 0.243 e. The summed E-state index contributed by atoms with van der Waals surface area (Å²) in [5.41, 5.74) is 0.793. The third kappa shape index (κ3) is 3.33. The lowest BCUT2D eigenvalue weighted by atomic mass is 10.1. The second kappa shape index (κ2) is 5.85. The molecule has 0 N–H and O–H groups in total. The summed E-state index contributed by atoms with van der Waals surface area (Å²) in [5, 5.41) is 0. The molecule has 0 saturated carbocycles. The molecule has 0 radical (unpaired) electrons. The van der Waals surface area contributed by atoms with E-state index in [1.807, 2.05) is 26.0 Å². The molecule has 0 aromatic heterocycles. The maximum absolute atomic E-state index is 12.5. The first-order valence-corrected chi connectivity index (χ1v) is 7.74. The van der Waals surface area contributed by atoms with Gasteiger partial charge in [0, 0.05) is 13.1 Å². The molecule has 0 heterocycles. The molecule has 0 aliphatic heterocycles. The van der Waals surface area contributed by atoms with Gasteiger partial charge >= 0.3 is 0 Å². The van der Waals surface area contributed by atoms with Crippen molar-refractivity contribution in [3.05, 3.63) is 29.8 Å². The number of rotatable bonds is 5. The molecule has 1 atom stereocenters. The third-order valence-corrected chi connectivity index (χ3v) is 5.32. The van der Waals surface area contributed by atoms with Crippen LogP contribution in [0.4, 0.5) is 0 Å². The van der Waals surface area contributed by atoms with Gasteiger partial charge in [0.15, 0.2) is 0 Å². The molecular formula is C14H23NO2S. The molecule has 1 aromatic rings. The Hall–Kier alpha value is -0.870. The first kappa shape index (κ1) is 15.2. The summed E-state index contributed by atoms with van der Waals surface area (Å²) in [6.07, 6.45) is 0.863. The third-order valence-electron chi connectivity index (χ3n) is 3.18. The van der Waals surface area contributed by atoms with Crippen molar-refractivity contribution >= 4 is 10.0 Å². The molecule has 0 saturated heterocycles. The van der Waals surface area contributed by atoms with Gasteiger partial charge in [-0.25, -0.2) is 8.42 Å². The van der Waals surface area contributed by atoms with Crippen molar-refractivity contribution in [1.29, 1.82) is 0 Å². The predicted molar refractivity (Wildman–Crippen MR) is 75.0 cm³/mol. The lowest BCUT2D eigenvalue weighted by molar-refractivity contribution is 0.337. The Morgan fingerprint density at radius 1 is 1.17 bits per heavy atom. The van der Waals surface area contributed by atoms with Crippen LogP contribution in [0.5, 0.6) is 0 Å². The Bertz CT molecular complexity index is 494. The van der Waals surface area contributed by atoms with Crippen molar-refractivity contribution in [1.82, 2.24) is 4.31 Å². The molecule has 1 unspecified atom stereocenters. The maximum Gasteiger partial charge on any atom is 0.243 e. The molecule has 0 amide bonds. The van der Waals surface area contributed by atoms with E-state index in [1.165, 1.54) is 4.31 Å². The molecule has 0 aliphatic rings. The second-order valence-corrected chi connectivity index (χ2v) is 7.23. The van der Waals surface area contributed by atoms with Crippen LogP contribution in [-0.2, 0) is 10.0 Å². The molecule has 102 valence electrons. The van der Waals surface area contributed by atoms with Gasteiger partial charge in [0.2, 0.25) is 10.0 Å². The van der Waals surface area contributed by atoms with Crippen LogP contribution in [0, 0.1) is 12.8 Å². The molecule has 0 spiro atoms. The highest BCUT2D eigenvalue weighted by Crippen LogP contribution is 2.22. The standard InChI is InChI=1S/C14H23NO2S/c1-11(2)10-13(4)15(5)18(16,17)14-9-7-6-8-12(14)3/h6-9,11,13H,10H2,1-5H3. The summed E-state index contributed by atoms with van der Waals surface area (Å²) in [6, 6.07) is 7.12. The molecule has 0 fully saturated rings. The SMILES string of the molecule is Cc1ccccc1S(=O)(=O)N(C)C(C)CC(C)C. The van der Waals surface area contributed by atoms with Crippen LogP contribution in [0.25, 0.3) is 0 Å². The molecule has 0 aliphatic carbocycles. The average Bonchev–Trinajstić information content (AvgIpc) is 2.27. The smallest absolute Gasteiger partial charge is 0.207 e. The van der Waals surface area contributed by atoms with Crippen LogP contribution >= 0.6 is 0 Å². The van der Waals surface area contributed by atoms with Crippen molar-refractivity contribution in [2.24, 2.45) is 5.92 Å². The first-order valence-electron chi connectivity index (χ1n) is 6.30. The fourth-order valence-electron chi connectivity index (χ4n) is 2.07. The van der Waals surface area contributed by atoms with Crippen molar-refractivity contribution in [2.45, 2.75) is 45.1 Å². The fourth-order valence-corrected chi connectivity index (χ4v) is 3.66. The van der Waals surface area contributed by atoms with Gasteiger partial charge in [-0.05, 0) is 37.8 Å². The molecular weight excluding hydrogens is 246 g/mol. The van der Waals surface area contributed by atoms with E-state index in [2.05, 4.69) is 13.8 Å². The summed E-state index contributed by atoms with van der Waals surface area (Å²) >= 11 is 0. The van der Waals surface area contributed by atoms with E-state index < -0.39 is 10.0 Å². The van der Waals surface area contributed by atoms with Crippen LogP contribution in [0.3, 0.4) is 0 Å². The summed E-state index contributed by atoms with van der Waals surface area (Å²) in [4.78, 5) is 0.406. The molecule has 3 nitrogen and oxygen atoms in total. The zero-order chi connectivity index (χ0) is 13.9. The van der Waals surface area contributed by atoms with Gasteiger partial charge in [0.25, 0.3) is 0 Å². The van der Waals surface area contributed by atoms with Gasteiger partial charge in [-0.1, -0.05) is 32.0 Å².